The molecule has 3 aromatic carbocycles. The van der Waals surface area contributed by atoms with Crippen LogP contribution < -0.4 is 15.2 Å². The van der Waals surface area contributed by atoms with Crippen LogP contribution in [0, 0.1) is 0 Å². The minimum atomic E-state index is -3.86. The van der Waals surface area contributed by atoms with Crippen molar-refractivity contribution in [3.05, 3.63) is 110 Å². The van der Waals surface area contributed by atoms with Crippen LogP contribution in [0.2, 0.25) is 0 Å². The third kappa shape index (κ3) is 8.32. The van der Waals surface area contributed by atoms with Gasteiger partial charge in [-0.2, -0.15) is 5.10 Å². The van der Waals surface area contributed by atoms with Crippen LogP contribution in [-0.4, -0.2) is 48.2 Å². The van der Waals surface area contributed by atoms with Crippen molar-refractivity contribution in [1.82, 2.24) is 4.90 Å². The number of anilines is 1. The number of aromatic hydroxyl groups is 1. The number of carbonyl (C=O) groups is 2. The molecule has 16 heteroatoms. The number of primary sulfonamides is 1. The fourth-order valence-electron chi connectivity index (χ4n) is 4.05. The molecule has 1 aliphatic heterocycles. The zero-order valence-electron chi connectivity index (χ0n) is 23.5. The fourth-order valence-corrected chi connectivity index (χ4v) is 6.75. The van der Waals surface area contributed by atoms with Gasteiger partial charge in [0.05, 0.1) is 33.3 Å². The van der Waals surface area contributed by atoms with Crippen molar-refractivity contribution in [2.45, 2.75) is 11.4 Å². The van der Waals surface area contributed by atoms with Gasteiger partial charge in [0.1, 0.15) is 17.3 Å². The molecule has 1 fully saturated rings. The number of para-hydroxylation sites is 1. The molecular formula is C30H23Br2N5O7S2. The Kier molecular flexibility index (Phi) is 10.4. The summed E-state index contributed by atoms with van der Waals surface area (Å²) in [6.07, 6.45) is 4.51. The van der Waals surface area contributed by atoms with Crippen LogP contribution in [-0.2, 0) is 26.2 Å². The van der Waals surface area contributed by atoms with Crippen LogP contribution in [0.15, 0.2) is 112 Å². The Morgan fingerprint density at radius 3 is 2.57 bits per heavy atom. The Hall–Kier alpha value is -4.22. The summed E-state index contributed by atoms with van der Waals surface area (Å²) < 4.78 is 35.3. The van der Waals surface area contributed by atoms with E-state index in [2.05, 4.69) is 47.4 Å². The molecule has 4 N–H and O–H groups in total. The molecule has 46 heavy (non-hydrogen) atoms. The molecule has 0 bridgehead atoms. The van der Waals surface area contributed by atoms with E-state index in [1.165, 1.54) is 41.6 Å². The monoisotopic (exact) mass is 787 g/mol. The Morgan fingerprint density at radius 1 is 1.09 bits per heavy atom. The van der Waals surface area contributed by atoms with Crippen molar-refractivity contribution in [3.63, 3.8) is 0 Å². The average molecular weight is 789 g/mol. The summed E-state index contributed by atoms with van der Waals surface area (Å²) in [5.74, 6) is 0.0336. The third-order valence-corrected chi connectivity index (χ3v) is 9.20. The maximum absolute atomic E-state index is 13.5. The molecule has 1 aliphatic rings. The fraction of sp³-hybridized carbons (Fsp3) is 0.0667. The van der Waals surface area contributed by atoms with E-state index in [0.29, 0.717) is 37.7 Å². The molecule has 0 unspecified atom stereocenters. The number of sulfonamides is 1. The SMILES string of the molecule is NS(=O)(=O)c1ccc(NC(=O)COc2ccccc2/C=C2\S/C(=N\N=C\c3cc(Br)cc(Br)c3O)N(Cc3ccco3)C2=O)cc1. The zero-order valence-corrected chi connectivity index (χ0v) is 28.3. The Labute approximate surface area is 284 Å². The molecule has 0 spiro atoms. The Bertz CT molecular complexity index is 1980. The minimum absolute atomic E-state index is 0.0134. The molecule has 0 radical (unpaired) electrons. The molecular weight excluding hydrogens is 766 g/mol. The van der Waals surface area contributed by atoms with Gasteiger partial charge >= 0.3 is 0 Å². The third-order valence-electron chi connectivity index (χ3n) is 6.21. The van der Waals surface area contributed by atoms with Crippen LogP contribution in [0.4, 0.5) is 5.69 Å². The number of nitrogens with zero attached hydrogens (tertiary/aromatic N) is 3. The smallest absolute Gasteiger partial charge is 0.267 e. The van der Waals surface area contributed by atoms with Crippen LogP contribution in [0.5, 0.6) is 11.5 Å². The number of nitrogens with one attached hydrogen (secondary N) is 1. The number of amidine groups is 1. The highest BCUT2D eigenvalue weighted by Crippen LogP contribution is 2.36. The number of thioether (sulfide) groups is 1. The van der Waals surface area contributed by atoms with Crippen molar-refractivity contribution in [2.24, 2.45) is 15.3 Å². The Morgan fingerprint density at radius 2 is 1.85 bits per heavy atom. The molecule has 1 saturated heterocycles. The molecule has 0 atom stereocenters. The van der Waals surface area contributed by atoms with Crippen molar-refractivity contribution < 1.29 is 32.3 Å². The van der Waals surface area contributed by atoms with E-state index in [1.54, 1.807) is 54.6 Å². The van der Waals surface area contributed by atoms with Gasteiger partial charge in [-0.15, -0.1) is 5.10 Å². The van der Waals surface area contributed by atoms with Gasteiger partial charge in [-0.1, -0.05) is 34.1 Å². The highest BCUT2D eigenvalue weighted by Gasteiger charge is 2.34. The first-order valence-electron chi connectivity index (χ1n) is 13.2. The predicted octanol–water partition coefficient (Wildman–Crippen LogP) is 5.68. The van der Waals surface area contributed by atoms with Crippen LogP contribution in [0.25, 0.3) is 6.08 Å². The second-order valence-electron chi connectivity index (χ2n) is 9.48. The summed E-state index contributed by atoms with van der Waals surface area (Å²) in [5, 5.41) is 26.7. The van der Waals surface area contributed by atoms with Gasteiger partial charge in [0.15, 0.2) is 11.8 Å². The van der Waals surface area contributed by atoms with E-state index in [9.17, 15) is 23.1 Å². The number of ether oxygens (including phenoxy) is 1. The number of rotatable bonds is 10. The minimum Gasteiger partial charge on any atom is -0.506 e. The van der Waals surface area contributed by atoms with Crippen molar-refractivity contribution >= 4 is 88.6 Å². The topological polar surface area (TPSA) is 177 Å². The first-order chi connectivity index (χ1) is 22.0. The van der Waals surface area contributed by atoms with E-state index < -0.39 is 15.9 Å². The molecule has 1 aromatic heterocycles. The summed E-state index contributed by atoms with van der Waals surface area (Å²) in [7, 11) is -3.86. The maximum atomic E-state index is 13.5. The number of halogens is 2. The first kappa shape index (κ1) is 33.2. The van der Waals surface area contributed by atoms with Gasteiger partial charge in [-0.25, -0.2) is 13.6 Å². The molecule has 4 aromatic rings. The lowest BCUT2D eigenvalue weighted by molar-refractivity contribution is -0.122. The normalized spacial score (nSPS) is 15.3. The molecule has 236 valence electrons. The number of nitrogens with two attached hydrogens (primary N) is 1. The number of phenols is 1. The second-order valence-corrected chi connectivity index (χ2v) is 13.8. The molecule has 5 rings (SSSR count). The number of furan rings is 1. The van der Waals surface area contributed by atoms with E-state index in [4.69, 9.17) is 14.3 Å². The largest absolute Gasteiger partial charge is 0.506 e. The lowest BCUT2D eigenvalue weighted by atomic mass is 10.2. The lowest BCUT2D eigenvalue weighted by Gasteiger charge is -2.12. The zero-order chi connectivity index (χ0) is 32.8. The van der Waals surface area contributed by atoms with Crippen LogP contribution in [0.3, 0.4) is 0 Å². The molecule has 2 heterocycles. The van der Waals surface area contributed by atoms with Crippen molar-refractivity contribution in [3.8, 4) is 11.5 Å². The standard InChI is InChI=1S/C30H23Br2N5O7S2/c31-20-12-19(28(39)24(32)14-20)15-34-36-30-37(16-22-5-3-11-43-22)29(40)26(45-30)13-18-4-1-2-6-25(18)44-17-27(38)35-21-7-9-23(10-8-21)46(33,41)42/h1-15,39H,16-17H2,(H,35,38)(H2,33,41,42)/b26-13-,34-15+,36-30-. The van der Waals surface area contributed by atoms with Crippen LogP contribution in [0.1, 0.15) is 16.9 Å². The number of hydrogen-bond acceptors (Lipinski definition) is 10. The lowest BCUT2D eigenvalue weighted by Crippen LogP contribution is -2.28. The number of carbonyl (C=O) groups excluding carboxylic acids is 2. The predicted molar refractivity (Wildman–Crippen MR) is 182 cm³/mol. The van der Waals surface area contributed by atoms with Crippen LogP contribution >= 0.6 is 43.6 Å². The van der Waals surface area contributed by atoms with Crippen molar-refractivity contribution in [2.75, 3.05) is 11.9 Å². The summed E-state index contributed by atoms with van der Waals surface area (Å²) in [6, 6.07) is 19.1. The van der Waals surface area contributed by atoms with E-state index in [1.807, 2.05) is 0 Å². The molecule has 2 amide bonds. The van der Waals surface area contributed by atoms with Gasteiger partial charge in [0, 0.05) is 21.3 Å². The number of benzene rings is 3. The summed E-state index contributed by atoms with van der Waals surface area (Å²) >= 11 is 7.75. The van der Waals surface area contributed by atoms with Gasteiger partial charge < -0.3 is 19.6 Å². The van der Waals surface area contributed by atoms with Gasteiger partial charge in [0.25, 0.3) is 11.8 Å². The molecule has 12 nitrogen and oxygen atoms in total. The summed E-state index contributed by atoms with van der Waals surface area (Å²) in [4.78, 5) is 27.8. The van der Waals surface area contributed by atoms with Gasteiger partial charge in [-0.05, 0) is 88.4 Å². The number of amides is 2. The number of hydrogen-bond donors (Lipinski definition) is 3. The van der Waals surface area contributed by atoms with E-state index in [0.717, 1.165) is 16.2 Å². The Balaban J connectivity index is 1.33. The number of phenolic OH excluding ortho intramolecular Hbond substituents is 1. The molecule has 0 saturated carbocycles. The summed E-state index contributed by atoms with van der Waals surface area (Å²) in [5.41, 5.74) is 1.30. The van der Waals surface area contributed by atoms with E-state index in [-0.39, 0.29) is 34.9 Å². The maximum Gasteiger partial charge on any atom is 0.267 e. The average Bonchev–Trinajstić information content (AvgIpc) is 3.63. The van der Waals surface area contributed by atoms with E-state index >= 15 is 0 Å². The first-order valence-corrected chi connectivity index (χ1v) is 17.1. The summed E-state index contributed by atoms with van der Waals surface area (Å²) in [6.45, 7) is -0.252. The second kappa shape index (κ2) is 14.5. The highest BCUT2D eigenvalue weighted by atomic mass is 79.9. The highest BCUT2D eigenvalue weighted by molar-refractivity contribution is 9.11. The van der Waals surface area contributed by atoms with Crippen molar-refractivity contribution in [1.29, 1.82) is 0 Å². The van der Waals surface area contributed by atoms with Gasteiger partial charge in [0.2, 0.25) is 10.0 Å². The van der Waals surface area contributed by atoms with Gasteiger partial charge in [-0.3, -0.25) is 14.5 Å². The molecule has 0 aliphatic carbocycles. The quantitative estimate of drug-likeness (QED) is 0.104.